The molecule has 0 aliphatic carbocycles. The van der Waals surface area contributed by atoms with Gasteiger partial charge in [0.15, 0.2) is 6.10 Å². The van der Waals surface area contributed by atoms with Gasteiger partial charge in [-0.25, -0.2) is 4.79 Å². The van der Waals surface area contributed by atoms with Gasteiger partial charge in [-0.1, -0.05) is 32.0 Å². The minimum Gasteiger partial charge on any atom is -0.481 e. The number of carbonyl (C=O) groups excluding carboxylic acids is 3. The molecular weight excluding hydrogens is 448 g/mol. The molecule has 0 saturated carbocycles. The molecule has 3 rings (SSSR count). The van der Waals surface area contributed by atoms with Crippen molar-refractivity contribution in [2.45, 2.75) is 46.1 Å². The molecule has 0 bridgehead atoms. The van der Waals surface area contributed by atoms with Gasteiger partial charge < -0.3 is 24.0 Å². The molecule has 1 heterocycles. The summed E-state index contributed by atoms with van der Waals surface area (Å²) in [4.78, 5) is 41.1. The minimum absolute atomic E-state index is 0.0849. The van der Waals surface area contributed by atoms with E-state index in [1.165, 1.54) is 0 Å². The number of benzene rings is 2. The molecule has 2 amide bonds. The van der Waals surface area contributed by atoms with Crippen molar-refractivity contribution in [3.05, 3.63) is 59.7 Å². The lowest BCUT2D eigenvalue weighted by atomic mass is 10.0. The summed E-state index contributed by atoms with van der Waals surface area (Å²) in [6.07, 6.45) is -0.726. The second-order valence-corrected chi connectivity index (χ2v) is 8.73. The zero-order valence-electron chi connectivity index (χ0n) is 20.9. The molecule has 1 atom stereocenters. The molecule has 8 heteroatoms. The fourth-order valence-electron chi connectivity index (χ4n) is 4.00. The van der Waals surface area contributed by atoms with Crippen molar-refractivity contribution in [1.82, 2.24) is 9.80 Å². The summed E-state index contributed by atoms with van der Waals surface area (Å²) in [5.74, 6) is 1.11. The van der Waals surface area contributed by atoms with E-state index in [2.05, 4.69) is 13.8 Å². The fraction of sp³-hybridized carbons (Fsp3) is 0.444. The van der Waals surface area contributed by atoms with Crippen LogP contribution in [-0.2, 0) is 9.53 Å². The maximum Gasteiger partial charge on any atom is 0.513 e. The molecule has 1 aliphatic heterocycles. The Balaban J connectivity index is 1.57. The van der Waals surface area contributed by atoms with Crippen molar-refractivity contribution in [2.24, 2.45) is 0 Å². The average molecular weight is 483 g/mol. The summed E-state index contributed by atoms with van der Waals surface area (Å²) in [7, 11) is 0. The van der Waals surface area contributed by atoms with Gasteiger partial charge in [0.05, 0.1) is 6.61 Å². The first-order valence-corrected chi connectivity index (χ1v) is 12.1. The maximum atomic E-state index is 13.1. The van der Waals surface area contributed by atoms with Crippen LogP contribution in [0.3, 0.4) is 0 Å². The summed E-state index contributed by atoms with van der Waals surface area (Å²) in [6, 6.07) is 14.1. The summed E-state index contributed by atoms with van der Waals surface area (Å²) >= 11 is 0. The van der Waals surface area contributed by atoms with Crippen molar-refractivity contribution >= 4 is 18.0 Å². The Morgan fingerprint density at radius 2 is 1.54 bits per heavy atom. The van der Waals surface area contributed by atoms with E-state index in [0.717, 1.165) is 11.3 Å². The van der Waals surface area contributed by atoms with Gasteiger partial charge in [-0.2, -0.15) is 0 Å². The van der Waals surface area contributed by atoms with Crippen LogP contribution < -0.4 is 9.47 Å². The molecule has 2 aromatic carbocycles. The molecule has 1 aliphatic rings. The Bertz CT molecular complexity index is 1020. The second-order valence-electron chi connectivity index (χ2n) is 8.73. The van der Waals surface area contributed by atoms with Gasteiger partial charge in [-0.3, -0.25) is 9.59 Å². The van der Waals surface area contributed by atoms with Gasteiger partial charge in [0, 0.05) is 31.7 Å². The van der Waals surface area contributed by atoms with Gasteiger partial charge in [-0.05, 0) is 62.1 Å². The number of amides is 2. The van der Waals surface area contributed by atoms with Crippen LogP contribution in [0.1, 0.15) is 56.0 Å². The van der Waals surface area contributed by atoms with Crippen molar-refractivity contribution in [3.8, 4) is 11.5 Å². The number of carbonyl (C=O) groups is 3. The van der Waals surface area contributed by atoms with E-state index in [9.17, 15) is 14.4 Å². The first-order valence-electron chi connectivity index (χ1n) is 12.1. The Hall–Kier alpha value is -3.55. The Morgan fingerprint density at radius 1 is 0.886 bits per heavy atom. The number of ether oxygens (including phenoxy) is 3. The molecular formula is C27H34N2O6. The summed E-state index contributed by atoms with van der Waals surface area (Å²) in [5.41, 5.74) is 1.56. The number of hydrogen-bond acceptors (Lipinski definition) is 6. The van der Waals surface area contributed by atoms with E-state index in [1.807, 2.05) is 24.3 Å². The van der Waals surface area contributed by atoms with Gasteiger partial charge >= 0.3 is 6.16 Å². The van der Waals surface area contributed by atoms with Crippen LogP contribution in [0, 0.1) is 0 Å². The van der Waals surface area contributed by atoms with E-state index in [4.69, 9.17) is 14.2 Å². The van der Waals surface area contributed by atoms with Crippen molar-refractivity contribution in [3.63, 3.8) is 0 Å². The SMILES string of the molecule is CCOC(=O)Oc1ccc(C(=O)N2CCCN(C(=O)C(C)Oc3ccccc3C(C)C)CC2)cc1. The first kappa shape index (κ1) is 26.1. The fourth-order valence-corrected chi connectivity index (χ4v) is 4.00. The third kappa shape index (κ3) is 6.97. The largest absolute Gasteiger partial charge is 0.513 e. The Kier molecular flexibility index (Phi) is 9.11. The third-order valence-electron chi connectivity index (χ3n) is 5.85. The second kappa shape index (κ2) is 12.2. The summed E-state index contributed by atoms with van der Waals surface area (Å²) in [6.45, 7) is 9.86. The van der Waals surface area contributed by atoms with Crippen LogP contribution >= 0.6 is 0 Å². The van der Waals surface area contributed by atoms with Gasteiger partial charge in [-0.15, -0.1) is 0 Å². The molecule has 188 valence electrons. The van der Waals surface area contributed by atoms with E-state index in [-0.39, 0.29) is 24.3 Å². The van der Waals surface area contributed by atoms with Crippen LogP contribution in [0.5, 0.6) is 11.5 Å². The lowest BCUT2D eigenvalue weighted by Crippen LogP contribution is -2.43. The summed E-state index contributed by atoms with van der Waals surface area (Å²) < 4.78 is 15.8. The van der Waals surface area contributed by atoms with E-state index < -0.39 is 12.3 Å². The molecule has 8 nitrogen and oxygen atoms in total. The molecule has 1 saturated heterocycles. The zero-order chi connectivity index (χ0) is 25.4. The highest BCUT2D eigenvalue weighted by Crippen LogP contribution is 2.27. The maximum absolute atomic E-state index is 13.1. The van der Waals surface area contributed by atoms with Crippen molar-refractivity contribution in [2.75, 3.05) is 32.8 Å². The van der Waals surface area contributed by atoms with Gasteiger partial charge in [0.25, 0.3) is 11.8 Å². The van der Waals surface area contributed by atoms with Crippen LogP contribution in [0.2, 0.25) is 0 Å². The molecule has 0 spiro atoms. The minimum atomic E-state index is -0.783. The van der Waals surface area contributed by atoms with Crippen LogP contribution in [-0.4, -0.2) is 66.7 Å². The Morgan fingerprint density at radius 3 is 2.23 bits per heavy atom. The van der Waals surface area contributed by atoms with E-state index >= 15 is 0 Å². The van der Waals surface area contributed by atoms with Gasteiger partial charge in [0.1, 0.15) is 11.5 Å². The van der Waals surface area contributed by atoms with Crippen molar-refractivity contribution in [1.29, 1.82) is 0 Å². The van der Waals surface area contributed by atoms with E-state index in [0.29, 0.717) is 43.9 Å². The first-order chi connectivity index (χ1) is 16.8. The van der Waals surface area contributed by atoms with Gasteiger partial charge in [0.2, 0.25) is 0 Å². The highest BCUT2D eigenvalue weighted by atomic mass is 16.7. The van der Waals surface area contributed by atoms with Crippen LogP contribution in [0.4, 0.5) is 4.79 Å². The number of rotatable bonds is 7. The summed E-state index contributed by atoms with van der Waals surface area (Å²) in [5, 5.41) is 0. The highest BCUT2D eigenvalue weighted by molar-refractivity contribution is 5.94. The smallest absolute Gasteiger partial charge is 0.481 e. The quantitative estimate of drug-likeness (QED) is 0.427. The van der Waals surface area contributed by atoms with E-state index in [1.54, 1.807) is 47.9 Å². The number of nitrogens with zero attached hydrogens (tertiary/aromatic N) is 2. The topological polar surface area (TPSA) is 85.4 Å². The van der Waals surface area contributed by atoms with Crippen LogP contribution in [0.15, 0.2) is 48.5 Å². The Labute approximate surface area is 206 Å². The lowest BCUT2D eigenvalue weighted by Gasteiger charge is -2.26. The number of hydrogen-bond donors (Lipinski definition) is 0. The third-order valence-corrected chi connectivity index (χ3v) is 5.85. The average Bonchev–Trinajstić information content (AvgIpc) is 3.10. The zero-order valence-corrected chi connectivity index (χ0v) is 20.9. The molecule has 1 unspecified atom stereocenters. The lowest BCUT2D eigenvalue weighted by molar-refractivity contribution is -0.137. The van der Waals surface area contributed by atoms with Crippen LogP contribution in [0.25, 0.3) is 0 Å². The normalized spacial score (nSPS) is 14.8. The predicted molar refractivity (Wildman–Crippen MR) is 132 cm³/mol. The number of para-hydroxylation sites is 1. The molecule has 35 heavy (non-hydrogen) atoms. The molecule has 0 aromatic heterocycles. The molecule has 0 radical (unpaired) electrons. The predicted octanol–water partition coefficient (Wildman–Crippen LogP) is 4.49. The molecule has 0 N–H and O–H groups in total. The molecule has 1 fully saturated rings. The standard InChI is InChI=1S/C27H34N2O6/c1-5-33-27(32)35-22-13-11-21(12-14-22)26(31)29-16-8-15-28(17-18-29)25(30)20(4)34-24-10-7-6-9-23(24)19(2)3/h6-7,9-14,19-20H,5,8,15-18H2,1-4H3. The van der Waals surface area contributed by atoms with Crippen molar-refractivity contribution < 1.29 is 28.6 Å². The molecule has 2 aromatic rings. The highest BCUT2D eigenvalue weighted by Gasteiger charge is 2.27. The monoisotopic (exact) mass is 482 g/mol.